The molecule has 7 heteroatoms. The van der Waals surface area contributed by atoms with Crippen LogP contribution in [0.25, 0.3) is 0 Å². The second-order valence-electron chi connectivity index (χ2n) is 3.47. The normalized spacial score (nSPS) is 32.0. The van der Waals surface area contributed by atoms with E-state index in [4.69, 9.17) is 5.11 Å². The number of hydrogen-bond acceptors (Lipinski definition) is 5. The molecule has 0 aromatic carbocycles. The first-order valence-corrected chi connectivity index (χ1v) is 5.47. The first-order valence-electron chi connectivity index (χ1n) is 4.59. The van der Waals surface area contributed by atoms with Crippen molar-refractivity contribution in [3.8, 4) is 0 Å². The largest absolute Gasteiger partial charge is 0.480 e. The van der Waals surface area contributed by atoms with Gasteiger partial charge in [0, 0.05) is 6.54 Å². The smallest absolute Gasteiger partial charge is 0.321 e. The summed E-state index contributed by atoms with van der Waals surface area (Å²) in [7, 11) is 0. The zero-order chi connectivity index (χ0) is 11.0. The molecule has 2 atom stereocenters. The summed E-state index contributed by atoms with van der Waals surface area (Å²) in [6.07, 6.45) is 1.34. The number of aliphatic carboxylic acids is 1. The fourth-order valence-electron chi connectivity index (χ4n) is 1.84. The predicted molar refractivity (Wildman–Crippen MR) is 51.9 cm³/mol. The molecule has 0 spiro atoms. The Labute approximate surface area is 90.0 Å². The molecule has 0 aromatic rings. The average Bonchev–Trinajstić information content (AvgIpc) is 2.73. The number of hydrogen-bond donors (Lipinski definition) is 2. The monoisotopic (exact) mass is 230 g/mol. The summed E-state index contributed by atoms with van der Waals surface area (Å²) in [5, 5.41) is 10.8. The number of nitrogens with one attached hydrogen (secondary N) is 1. The number of amides is 1. The molecule has 0 bridgehead atoms. The minimum absolute atomic E-state index is 0.506. The van der Waals surface area contributed by atoms with Crippen molar-refractivity contribution in [3.63, 3.8) is 0 Å². The third kappa shape index (κ3) is 1.84. The van der Waals surface area contributed by atoms with E-state index in [0.717, 1.165) is 18.2 Å². The summed E-state index contributed by atoms with van der Waals surface area (Å²) >= 11 is 0.855. The van der Waals surface area contributed by atoms with E-state index < -0.39 is 28.5 Å². The van der Waals surface area contributed by atoms with E-state index in [1.54, 1.807) is 4.90 Å². The lowest BCUT2D eigenvalue weighted by Crippen LogP contribution is -2.47. The fourth-order valence-corrected chi connectivity index (χ4v) is 2.76. The summed E-state index contributed by atoms with van der Waals surface area (Å²) in [5.41, 5.74) is -0.506. The zero-order valence-corrected chi connectivity index (χ0v) is 8.62. The van der Waals surface area contributed by atoms with Crippen LogP contribution in [0.3, 0.4) is 0 Å². The van der Waals surface area contributed by atoms with Crippen LogP contribution in [0, 0.1) is 0 Å². The van der Waals surface area contributed by atoms with Crippen molar-refractivity contribution in [2.75, 3.05) is 6.54 Å². The first kappa shape index (κ1) is 10.4. The Morgan fingerprint density at radius 1 is 1.53 bits per heavy atom. The van der Waals surface area contributed by atoms with E-state index in [1.165, 1.54) is 0 Å². The number of nitrogens with zero attached hydrogens (tertiary/aromatic N) is 1. The third-order valence-electron chi connectivity index (χ3n) is 2.54. The molecular formula is C8H10N2O4S. The maximum absolute atomic E-state index is 11.0. The lowest BCUT2D eigenvalue weighted by Gasteiger charge is -2.25. The van der Waals surface area contributed by atoms with Crippen LogP contribution in [0.2, 0.25) is 0 Å². The van der Waals surface area contributed by atoms with Crippen LogP contribution in [0.5, 0.6) is 0 Å². The number of rotatable bonds is 2. The zero-order valence-electron chi connectivity index (χ0n) is 7.80. The van der Waals surface area contributed by atoms with Crippen molar-refractivity contribution in [2.24, 2.45) is 0 Å². The van der Waals surface area contributed by atoms with Crippen molar-refractivity contribution >= 4 is 28.8 Å². The Morgan fingerprint density at radius 3 is 2.80 bits per heavy atom. The van der Waals surface area contributed by atoms with Crippen LogP contribution in [0.4, 0.5) is 0 Å². The number of carbonyl (C=O) groups excluding carboxylic acids is 2. The Morgan fingerprint density at radius 2 is 2.27 bits per heavy atom. The Hall–Kier alpha value is -1.08. The molecule has 2 unspecified atom stereocenters. The number of likely N-dealkylation sites (tertiary alicyclic amines) is 1. The Balaban J connectivity index is 2.08. The third-order valence-corrected chi connectivity index (χ3v) is 3.55. The van der Waals surface area contributed by atoms with Crippen LogP contribution < -0.4 is 5.32 Å². The summed E-state index contributed by atoms with van der Waals surface area (Å²) in [6, 6.07) is -0.589. The molecule has 1 amide bonds. The molecule has 2 rings (SSSR count). The standard InChI is InChI=1S/C8H10N2O4S/c11-5-7(14)15-8(9-5)10-3-1-2-4(10)6(12)13/h4,8H,1-3H2,(H,9,11)(H,12,13). The number of thioether (sulfide) groups is 1. The maximum atomic E-state index is 11.0. The van der Waals surface area contributed by atoms with E-state index in [0.29, 0.717) is 13.0 Å². The van der Waals surface area contributed by atoms with Gasteiger partial charge in [0.05, 0.1) is 0 Å². The molecule has 2 fully saturated rings. The SMILES string of the molecule is O=C1NC(N2CCCC2C(=O)O)SC1=O. The summed E-state index contributed by atoms with van der Waals surface area (Å²) in [5.74, 6) is -1.54. The van der Waals surface area contributed by atoms with Gasteiger partial charge in [-0.1, -0.05) is 0 Å². The highest BCUT2D eigenvalue weighted by Gasteiger charge is 2.42. The van der Waals surface area contributed by atoms with E-state index in [9.17, 15) is 14.4 Å². The van der Waals surface area contributed by atoms with Crippen molar-refractivity contribution in [2.45, 2.75) is 24.4 Å². The number of carboxylic acids is 1. The van der Waals surface area contributed by atoms with Gasteiger partial charge >= 0.3 is 11.9 Å². The molecule has 0 aromatic heterocycles. The number of carboxylic acid groups (broad SMARTS) is 1. The quantitative estimate of drug-likeness (QED) is 0.604. The fraction of sp³-hybridized carbons (Fsp3) is 0.625. The van der Waals surface area contributed by atoms with Gasteiger partial charge in [-0.05, 0) is 24.6 Å². The van der Waals surface area contributed by atoms with Gasteiger partial charge in [-0.15, -0.1) is 0 Å². The Bertz CT molecular complexity index is 317. The van der Waals surface area contributed by atoms with Crippen LogP contribution in [-0.4, -0.2) is 45.1 Å². The molecule has 0 aliphatic carbocycles. The van der Waals surface area contributed by atoms with Gasteiger partial charge in [-0.25, -0.2) is 0 Å². The van der Waals surface area contributed by atoms with Crippen LogP contribution >= 0.6 is 11.8 Å². The topological polar surface area (TPSA) is 86.7 Å². The van der Waals surface area contributed by atoms with E-state index in [1.807, 2.05) is 0 Å². The molecule has 82 valence electrons. The van der Waals surface area contributed by atoms with Gasteiger partial charge in [0.2, 0.25) is 0 Å². The molecule has 15 heavy (non-hydrogen) atoms. The lowest BCUT2D eigenvalue weighted by molar-refractivity contribution is -0.142. The van der Waals surface area contributed by atoms with Crippen LogP contribution in [0.1, 0.15) is 12.8 Å². The maximum Gasteiger partial charge on any atom is 0.321 e. The predicted octanol–water partition coefficient (Wildman–Crippen LogP) is -0.791. The second kappa shape index (κ2) is 3.82. The highest BCUT2D eigenvalue weighted by atomic mass is 32.2. The minimum atomic E-state index is -0.901. The van der Waals surface area contributed by atoms with Gasteiger partial charge in [-0.2, -0.15) is 0 Å². The summed E-state index contributed by atoms with van der Waals surface area (Å²) in [4.78, 5) is 34.5. The number of carbonyl (C=O) groups is 3. The molecule has 2 aliphatic heterocycles. The van der Waals surface area contributed by atoms with Gasteiger partial charge < -0.3 is 10.4 Å². The molecule has 6 nitrogen and oxygen atoms in total. The second-order valence-corrected chi connectivity index (χ2v) is 4.52. The summed E-state index contributed by atoms with van der Waals surface area (Å²) < 4.78 is 0. The molecule has 0 radical (unpaired) electrons. The van der Waals surface area contributed by atoms with Crippen LogP contribution in [0.15, 0.2) is 0 Å². The molecule has 2 heterocycles. The molecular weight excluding hydrogens is 220 g/mol. The van der Waals surface area contributed by atoms with Crippen molar-refractivity contribution < 1.29 is 19.5 Å². The summed E-state index contributed by atoms with van der Waals surface area (Å²) in [6.45, 7) is 0.599. The average molecular weight is 230 g/mol. The Kier molecular flexibility index (Phi) is 2.66. The van der Waals surface area contributed by atoms with Gasteiger partial charge in [0.1, 0.15) is 11.5 Å². The highest BCUT2D eigenvalue weighted by molar-refractivity contribution is 8.16. The molecule has 0 saturated carbocycles. The van der Waals surface area contributed by atoms with Gasteiger partial charge in [0.25, 0.3) is 5.12 Å². The molecule has 2 aliphatic rings. The van der Waals surface area contributed by atoms with Gasteiger partial charge in [-0.3, -0.25) is 19.3 Å². The van der Waals surface area contributed by atoms with E-state index >= 15 is 0 Å². The first-order chi connectivity index (χ1) is 7.09. The van der Waals surface area contributed by atoms with E-state index in [-0.39, 0.29) is 0 Å². The lowest BCUT2D eigenvalue weighted by atomic mass is 10.2. The molecule has 2 saturated heterocycles. The minimum Gasteiger partial charge on any atom is -0.480 e. The highest BCUT2D eigenvalue weighted by Crippen LogP contribution is 2.28. The van der Waals surface area contributed by atoms with Crippen molar-refractivity contribution in [1.82, 2.24) is 10.2 Å². The molecule has 2 N–H and O–H groups in total. The van der Waals surface area contributed by atoms with Crippen molar-refractivity contribution in [1.29, 1.82) is 0 Å². The van der Waals surface area contributed by atoms with Crippen molar-refractivity contribution in [3.05, 3.63) is 0 Å². The van der Waals surface area contributed by atoms with E-state index in [2.05, 4.69) is 5.32 Å². The van der Waals surface area contributed by atoms with Crippen LogP contribution in [-0.2, 0) is 14.4 Å². The van der Waals surface area contributed by atoms with Gasteiger partial charge in [0.15, 0.2) is 0 Å².